The lowest BCUT2D eigenvalue weighted by atomic mass is 10.1. The molecule has 0 fully saturated rings. The molecule has 1 heterocycles. The predicted octanol–water partition coefficient (Wildman–Crippen LogP) is 2.84. The minimum atomic E-state index is -0.561. The molecule has 106 valence electrons. The van der Waals surface area contributed by atoms with E-state index in [2.05, 4.69) is 20.6 Å². The summed E-state index contributed by atoms with van der Waals surface area (Å²) in [7, 11) is 0. The van der Waals surface area contributed by atoms with Gasteiger partial charge in [-0.15, -0.1) is 0 Å². The zero-order valence-corrected chi connectivity index (χ0v) is 11.2. The monoisotopic (exact) mass is 278 g/mol. The molecule has 0 unspecified atom stereocenters. The van der Waals surface area contributed by atoms with Crippen LogP contribution in [0.3, 0.4) is 0 Å². The average Bonchev–Trinajstić information content (AvgIpc) is 2.38. The van der Waals surface area contributed by atoms with Crippen LogP contribution >= 0.6 is 0 Å². The van der Waals surface area contributed by atoms with E-state index in [0.29, 0.717) is 30.2 Å². The Labute approximate surface area is 116 Å². The Balaban J connectivity index is 1.90. The van der Waals surface area contributed by atoms with Crippen molar-refractivity contribution in [1.82, 2.24) is 9.97 Å². The molecule has 0 saturated carbocycles. The van der Waals surface area contributed by atoms with E-state index in [1.807, 2.05) is 6.92 Å². The summed E-state index contributed by atoms with van der Waals surface area (Å²) in [6.07, 6.45) is 3.74. The molecule has 0 amide bonds. The minimum Gasteiger partial charge on any atom is -0.369 e. The van der Waals surface area contributed by atoms with Crippen LogP contribution in [0, 0.1) is 11.6 Å². The van der Waals surface area contributed by atoms with Crippen LogP contribution in [-0.2, 0) is 6.42 Å². The quantitative estimate of drug-likeness (QED) is 0.853. The first-order valence-electron chi connectivity index (χ1n) is 6.42. The van der Waals surface area contributed by atoms with Crippen molar-refractivity contribution in [3.8, 4) is 0 Å². The molecule has 0 aliphatic carbocycles. The van der Waals surface area contributed by atoms with E-state index in [9.17, 15) is 8.78 Å². The number of nitrogens with one attached hydrogen (secondary N) is 2. The molecule has 0 radical (unpaired) electrons. The molecule has 0 bridgehead atoms. The lowest BCUT2D eigenvalue weighted by molar-refractivity contribution is 0.580. The Hall–Kier alpha value is -2.24. The number of nitrogens with zero attached hydrogens (tertiary/aromatic N) is 2. The van der Waals surface area contributed by atoms with Crippen LogP contribution in [0.4, 0.5) is 20.4 Å². The van der Waals surface area contributed by atoms with Crippen LogP contribution in [-0.4, -0.2) is 23.1 Å². The minimum absolute atomic E-state index is 0.502. The summed E-state index contributed by atoms with van der Waals surface area (Å²) in [4.78, 5) is 8.35. The summed E-state index contributed by atoms with van der Waals surface area (Å²) in [5.74, 6) is 0.192. The summed E-state index contributed by atoms with van der Waals surface area (Å²) in [5.41, 5.74) is 0.603. The Morgan fingerprint density at radius 3 is 2.30 bits per heavy atom. The van der Waals surface area contributed by atoms with Crippen LogP contribution in [0.15, 0.2) is 30.6 Å². The Morgan fingerprint density at radius 1 is 1.00 bits per heavy atom. The van der Waals surface area contributed by atoms with Crippen molar-refractivity contribution >= 4 is 11.6 Å². The maximum atomic E-state index is 13.0. The molecule has 4 nitrogen and oxygen atoms in total. The lowest BCUT2D eigenvalue weighted by Crippen LogP contribution is -2.08. The standard InChI is InChI=1S/C14H16F2N4/c1-2-18-13-8-17-9-14(20-13)19-4-3-10-5-11(15)7-12(16)6-10/h5-9H,2-4H2,1H3,(H2,18,19,20). The van der Waals surface area contributed by atoms with Gasteiger partial charge in [-0.2, -0.15) is 0 Å². The van der Waals surface area contributed by atoms with E-state index in [-0.39, 0.29) is 0 Å². The Bertz CT molecular complexity index is 555. The van der Waals surface area contributed by atoms with Gasteiger partial charge in [-0.3, -0.25) is 4.98 Å². The number of benzene rings is 1. The third kappa shape index (κ3) is 4.15. The number of rotatable bonds is 6. The fourth-order valence-corrected chi connectivity index (χ4v) is 1.81. The van der Waals surface area contributed by atoms with Gasteiger partial charge in [0.25, 0.3) is 0 Å². The first-order valence-corrected chi connectivity index (χ1v) is 6.42. The molecule has 0 spiro atoms. The molecular weight excluding hydrogens is 262 g/mol. The van der Waals surface area contributed by atoms with E-state index in [1.165, 1.54) is 12.1 Å². The van der Waals surface area contributed by atoms with Gasteiger partial charge in [-0.25, -0.2) is 13.8 Å². The number of aromatic nitrogens is 2. The normalized spacial score (nSPS) is 10.3. The molecular formula is C14H16F2N4. The van der Waals surface area contributed by atoms with Gasteiger partial charge in [-0.05, 0) is 31.0 Å². The van der Waals surface area contributed by atoms with Crippen molar-refractivity contribution < 1.29 is 8.78 Å². The fraction of sp³-hybridized carbons (Fsp3) is 0.286. The second-order valence-electron chi connectivity index (χ2n) is 4.27. The van der Waals surface area contributed by atoms with E-state index in [4.69, 9.17) is 0 Å². The molecule has 2 N–H and O–H groups in total. The molecule has 0 aliphatic heterocycles. The summed E-state index contributed by atoms with van der Waals surface area (Å²) in [6.45, 7) is 3.26. The van der Waals surface area contributed by atoms with Crippen molar-refractivity contribution in [2.75, 3.05) is 23.7 Å². The van der Waals surface area contributed by atoms with Gasteiger partial charge in [-0.1, -0.05) is 0 Å². The first kappa shape index (κ1) is 14.2. The largest absolute Gasteiger partial charge is 0.369 e. The third-order valence-electron chi connectivity index (χ3n) is 2.63. The van der Waals surface area contributed by atoms with E-state index >= 15 is 0 Å². The zero-order valence-electron chi connectivity index (χ0n) is 11.2. The third-order valence-corrected chi connectivity index (χ3v) is 2.63. The fourth-order valence-electron chi connectivity index (χ4n) is 1.81. The zero-order chi connectivity index (χ0) is 14.4. The maximum absolute atomic E-state index is 13.0. The van der Waals surface area contributed by atoms with Gasteiger partial charge in [0.1, 0.15) is 23.3 Å². The highest BCUT2D eigenvalue weighted by Gasteiger charge is 2.01. The summed E-state index contributed by atoms with van der Waals surface area (Å²) >= 11 is 0. The Kier molecular flexibility index (Phi) is 4.81. The van der Waals surface area contributed by atoms with Crippen molar-refractivity contribution in [2.45, 2.75) is 13.3 Å². The van der Waals surface area contributed by atoms with Gasteiger partial charge in [0.05, 0.1) is 12.4 Å². The smallest absolute Gasteiger partial charge is 0.146 e. The number of hydrogen-bond donors (Lipinski definition) is 2. The van der Waals surface area contributed by atoms with Crippen molar-refractivity contribution in [3.63, 3.8) is 0 Å². The van der Waals surface area contributed by atoms with Gasteiger partial charge < -0.3 is 10.6 Å². The lowest BCUT2D eigenvalue weighted by Gasteiger charge is -2.07. The van der Waals surface area contributed by atoms with Crippen LogP contribution in [0.5, 0.6) is 0 Å². The topological polar surface area (TPSA) is 49.8 Å². The van der Waals surface area contributed by atoms with Gasteiger partial charge in [0.2, 0.25) is 0 Å². The number of anilines is 2. The van der Waals surface area contributed by atoms with E-state index < -0.39 is 11.6 Å². The second-order valence-corrected chi connectivity index (χ2v) is 4.27. The SMILES string of the molecule is CCNc1cncc(NCCc2cc(F)cc(F)c2)n1. The summed E-state index contributed by atoms with van der Waals surface area (Å²) in [5, 5.41) is 6.13. The van der Waals surface area contributed by atoms with Crippen molar-refractivity contribution in [3.05, 3.63) is 47.8 Å². The highest BCUT2D eigenvalue weighted by atomic mass is 19.1. The van der Waals surface area contributed by atoms with Gasteiger partial charge in [0.15, 0.2) is 0 Å². The second kappa shape index (κ2) is 6.79. The average molecular weight is 278 g/mol. The van der Waals surface area contributed by atoms with E-state index in [0.717, 1.165) is 12.6 Å². The van der Waals surface area contributed by atoms with Crippen molar-refractivity contribution in [1.29, 1.82) is 0 Å². The highest BCUT2D eigenvalue weighted by molar-refractivity contribution is 5.41. The van der Waals surface area contributed by atoms with Crippen LogP contribution in [0.25, 0.3) is 0 Å². The molecule has 1 aromatic heterocycles. The molecule has 0 aliphatic rings. The van der Waals surface area contributed by atoms with Gasteiger partial charge in [0, 0.05) is 19.2 Å². The molecule has 0 saturated heterocycles. The summed E-state index contributed by atoms with van der Waals surface area (Å²) in [6, 6.07) is 3.51. The Morgan fingerprint density at radius 2 is 1.65 bits per heavy atom. The molecule has 20 heavy (non-hydrogen) atoms. The predicted molar refractivity (Wildman–Crippen MR) is 74.7 cm³/mol. The summed E-state index contributed by atoms with van der Waals surface area (Å²) < 4.78 is 26.0. The molecule has 0 atom stereocenters. The highest BCUT2D eigenvalue weighted by Crippen LogP contribution is 2.10. The van der Waals surface area contributed by atoms with Crippen LogP contribution in [0.2, 0.25) is 0 Å². The number of halogens is 2. The van der Waals surface area contributed by atoms with Gasteiger partial charge >= 0.3 is 0 Å². The molecule has 6 heteroatoms. The van der Waals surface area contributed by atoms with Crippen molar-refractivity contribution in [2.24, 2.45) is 0 Å². The van der Waals surface area contributed by atoms with Crippen LogP contribution < -0.4 is 10.6 Å². The van der Waals surface area contributed by atoms with Crippen LogP contribution in [0.1, 0.15) is 12.5 Å². The molecule has 2 rings (SSSR count). The maximum Gasteiger partial charge on any atom is 0.146 e. The first-order chi connectivity index (χ1) is 9.67. The molecule has 2 aromatic rings. The van der Waals surface area contributed by atoms with E-state index in [1.54, 1.807) is 12.4 Å². The molecule has 1 aromatic carbocycles. The number of hydrogen-bond acceptors (Lipinski definition) is 4.